The summed E-state index contributed by atoms with van der Waals surface area (Å²) in [6.07, 6.45) is 5.37. The summed E-state index contributed by atoms with van der Waals surface area (Å²) < 4.78 is 5.94. The molecule has 3 aromatic rings. The Kier molecular flexibility index (Phi) is 5.50. The highest BCUT2D eigenvalue weighted by atomic mass is 16.5. The van der Waals surface area contributed by atoms with Gasteiger partial charge in [-0.25, -0.2) is 4.98 Å². The van der Waals surface area contributed by atoms with Gasteiger partial charge in [0.05, 0.1) is 13.7 Å². The molecule has 0 bridgehead atoms. The summed E-state index contributed by atoms with van der Waals surface area (Å²) in [5.41, 5.74) is 2.21. The quantitative estimate of drug-likeness (QED) is 0.656. The minimum absolute atomic E-state index is 0.629. The summed E-state index contributed by atoms with van der Waals surface area (Å²) >= 11 is 0. The third-order valence-corrected chi connectivity index (χ3v) is 5.26. The van der Waals surface area contributed by atoms with Crippen LogP contribution in [0.4, 0.5) is 5.82 Å². The van der Waals surface area contributed by atoms with Crippen LogP contribution in [0.1, 0.15) is 24.8 Å². The van der Waals surface area contributed by atoms with Crippen LogP contribution < -0.4 is 9.64 Å². The van der Waals surface area contributed by atoms with E-state index in [4.69, 9.17) is 4.74 Å². The molecule has 1 aliphatic rings. The Morgan fingerprint density at radius 3 is 2.57 bits per heavy atom. The number of aryl methyl sites for hydroxylation is 2. The number of piperidine rings is 1. The molecule has 28 heavy (non-hydrogen) atoms. The van der Waals surface area contributed by atoms with E-state index in [0.29, 0.717) is 11.7 Å². The van der Waals surface area contributed by atoms with Crippen molar-refractivity contribution in [3.63, 3.8) is 0 Å². The van der Waals surface area contributed by atoms with Gasteiger partial charge in [-0.05, 0) is 79.3 Å². The molecule has 7 heteroatoms. The lowest BCUT2D eigenvalue weighted by molar-refractivity contribution is 0.258. The highest BCUT2D eigenvalue weighted by Gasteiger charge is 2.20. The monoisotopic (exact) mass is 378 g/mol. The van der Waals surface area contributed by atoms with Gasteiger partial charge in [0, 0.05) is 24.8 Å². The molecule has 2 aromatic heterocycles. The lowest BCUT2D eigenvalue weighted by Crippen LogP contribution is -2.34. The van der Waals surface area contributed by atoms with Crippen LogP contribution in [-0.2, 0) is 7.05 Å². The fraction of sp³-hybridized carbons (Fsp3) is 0.429. The maximum Gasteiger partial charge on any atom is 0.204 e. The van der Waals surface area contributed by atoms with Gasteiger partial charge < -0.3 is 9.64 Å². The van der Waals surface area contributed by atoms with E-state index in [0.717, 1.165) is 43.2 Å². The van der Waals surface area contributed by atoms with Gasteiger partial charge in [-0.2, -0.15) is 4.80 Å². The number of hydrogen-bond acceptors (Lipinski definition) is 6. The predicted molar refractivity (Wildman–Crippen MR) is 108 cm³/mol. The number of aromatic nitrogens is 5. The Hall–Kier alpha value is -2.96. The molecule has 7 nitrogen and oxygen atoms in total. The first-order valence-corrected chi connectivity index (χ1v) is 9.82. The van der Waals surface area contributed by atoms with Crippen LogP contribution in [0.25, 0.3) is 11.4 Å². The van der Waals surface area contributed by atoms with Gasteiger partial charge in [0.15, 0.2) is 0 Å². The van der Waals surface area contributed by atoms with Crippen molar-refractivity contribution in [1.82, 2.24) is 25.2 Å². The summed E-state index contributed by atoms with van der Waals surface area (Å²) in [6.45, 7) is 5.00. The van der Waals surface area contributed by atoms with Gasteiger partial charge in [-0.1, -0.05) is 0 Å². The number of anilines is 1. The standard InChI is InChI=1S/C21H26N6O/c1-16-7-11-22-20(15-16)27-12-8-17(9-13-27)10-14-28-19-5-3-18(4-6-19)21-23-25-26(2)24-21/h3-7,11,15,17H,8-10,12-14H2,1-2H3. The fourth-order valence-electron chi connectivity index (χ4n) is 3.59. The molecule has 1 saturated heterocycles. The molecule has 0 N–H and O–H groups in total. The number of tetrazole rings is 1. The molecule has 0 aliphatic carbocycles. The zero-order chi connectivity index (χ0) is 19.3. The number of ether oxygens (including phenoxy) is 1. The second-order valence-electron chi connectivity index (χ2n) is 7.39. The van der Waals surface area contributed by atoms with Crippen molar-refractivity contribution >= 4 is 5.82 Å². The highest BCUT2D eigenvalue weighted by Crippen LogP contribution is 2.25. The molecular formula is C21H26N6O. The van der Waals surface area contributed by atoms with E-state index in [1.165, 1.54) is 23.2 Å². The second kappa shape index (κ2) is 8.37. The topological polar surface area (TPSA) is 69.0 Å². The summed E-state index contributed by atoms with van der Waals surface area (Å²) in [5.74, 6) is 3.33. The third-order valence-electron chi connectivity index (χ3n) is 5.26. The van der Waals surface area contributed by atoms with Gasteiger partial charge in [0.2, 0.25) is 5.82 Å². The number of hydrogen-bond donors (Lipinski definition) is 0. The maximum atomic E-state index is 5.94. The van der Waals surface area contributed by atoms with Crippen molar-refractivity contribution in [3.8, 4) is 17.1 Å². The zero-order valence-electron chi connectivity index (χ0n) is 16.5. The van der Waals surface area contributed by atoms with Crippen LogP contribution in [0.3, 0.4) is 0 Å². The molecule has 1 aromatic carbocycles. The summed E-state index contributed by atoms with van der Waals surface area (Å²) in [5, 5.41) is 12.1. The minimum Gasteiger partial charge on any atom is -0.494 e. The van der Waals surface area contributed by atoms with Crippen LogP contribution in [0.5, 0.6) is 5.75 Å². The normalized spacial score (nSPS) is 15.0. The molecule has 146 valence electrons. The smallest absolute Gasteiger partial charge is 0.204 e. The van der Waals surface area contributed by atoms with Crippen LogP contribution in [0.15, 0.2) is 42.6 Å². The van der Waals surface area contributed by atoms with E-state index in [-0.39, 0.29) is 0 Å². The number of nitrogens with zero attached hydrogens (tertiary/aromatic N) is 6. The first-order valence-electron chi connectivity index (χ1n) is 9.82. The van der Waals surface area contributed by atoms with E-state index in [9.17, 15) is 0 Å². The van der Waals surface area contributed by atoms with Gasteiger partial charge in [-0.3, -0.25) is 0 Å². The van der Waals surface area contributed by atoms with Crippen molar-refractivity contribution < 1.29 is 4.74 Å². The summed E-state index contributed by atoms with van der Waals surface area (Å²) in [4.78, 5) is 8.36. The van der Waals surface area contributed by atoms with Gasteiger partial charge >= 0.3 is 0 Å². The Balaban J connectivity index is 1.22. The Morgan fingerprint density at radius 1 is 1.11 bits per heavy atom. The van der Waals surface area contributed by atoms with E-state index in [2.05, 4.69) is 38.3 Å². The van der Waals surface area contributed by atoms with E-state index in [1.807, 2.05) is 36.5 Å². The van der Waals surface area contributed by atoms with E-state index >= 15 is 0 Å². The van der Waals surface area contributed by atoms with E-state index < -0.39 is 0 Å². The SMILES string of the molecule is Cc1ccnc(N2CCC(CCOc3ccc(-c4nnn(C)n4)cc3)CC2)c1. The molecule has 0 spiro atoms. The first-order chi connectivity index (χ1) is 13.7. The largest absolute Gasteiger partial charge is 0.494 e. The van der Waals surface area contributed by atoms with Crippen LogP contribution >= 0.6 is 0 Å². The average Bonchev–Trinajstić information content (AvgIpc) is 3.15. The summed E-state index contributed by atoms with van der Waals surface area (Å²) in [6, 6.07) is 12.1. The third kappa shape index (κ3) is 4.47. The van der Waals surface area contributed by atoms with Crippen molar-refractivity contribution in [1.29, 1.82) is 0 Å². The molecule has 0 unspecified atom stereocenters. The fourth-order valence-corrected chi connectivity index (χ4v) is 3.59. The molecule has 1 fully saturated rings. The lowest BCUT2D eigenvalue weighted by atomic mass is 9.94. The molecule has 4 rings (SSSR count). The van der Waals surface area contributed by atoms with Gasteiger partial charge in [-0.15, -0.1) is 10.2 Å². The van der Waals surface area contributed by atoms with Crippen molar-refractivity contribution in [2.45, 2.75) is 26.2 Å². The first kappa shape index (κ1) is 18.4. The number of rotatable bonds is 6. The predicted octanol–water partition coefficient (Wildman–Crippen LogP) is 3.27. The summed E-state index contributed by atoms with van der Waals surface area (Å²) in [7, 11) is 1.76. The Morgan fingerprint density at radius 2 is 1.89 bits per heavy atom. The Labute approximate surface area is 165 Å². The van der Waals surface area contributed by atoms with Crippen LogP contribution in [0, 0.1) is 12.8 Å². The van der Waals surface area contributed by atoms with Crippen LogP contribution in [-0.4, -0.2) is 44.9 Å². The average molecular weight is 378 g/mol. The van der Waals surface area contributed by atoms with Crippen LogP contribution in [0.2, 0.25) is 0 Å². The van der Waals surface area contributed by atoms with Crippen molar-refractivity contribution in [3.05, 3.63) is 48.2 Å². The zero-order valence-corrected chi connectivity index (χ0v) is 16.5. The van der Waals surface area contributed by atoms with Gasteiger partial charge in [0.1, 0.15) is 11.6 Å². The highest BCUT2D eigenvalue weighted by molar-refractivity contribution is 5.55. The Bertz CT molecular complexity index is 899. The number of pyridine rings is 1. The molecule has 0 radical (unpaired) electrons. The molecule has 0 amide bonds. The number of benzene rings is 1. The van der Waals surface area contributed by atoms with Crippen molar-refractivity contribution in [2.24, 2.45) is 13.0 Å². The maximum absolute atomic E-state index is 5.94. The van der Waals surface area contributed by atoms with E-state index in [1.54, 1.807) is 7.05 Å². The second-order valence-corrected chi connectivity index (χ2v) is 7.39. The molecule has 0 atom stereocenters. The minimum atomic E-state index is 0.629. The van der Waals surface area contributed by atoms with Gasteiger partial charge in [0.25, 0.3) is 0 Å². The van der Waals surface area contributed by atoms with Crippen molar-refractivity contribution in [2.75, 3.05) is 24.6 Å². The molecule has 1 aliphatic heterocycles. The molecule has 3 heterocycles. The molecule has 0 saturated carbocycles. The molecular weight excluding hydrogens is 352 g/mol. The lowest BCUT2D eigenvalue weighted by Gasteiger charge is -2.32.